The molecule has 0 aliphatic carbocycles. The fraction of sp³-hybridized carbons (Fsp3) is 0.714. The van der Waals surface area contributed by atoms with Crippen molar-refractivity contribution in [2.75, 3.05) is 32.9 Å². The van der Waals surface area contributed by atoms with Gasteiger partial charge in [-0.1, -0.05) is 0 Å². The van der Waals surface area contributed by atoms with E-state index in [1.165, 1.54) is 0 Å². The Hall–Kier alpha value is -1.40. The Morgan fingerprint density at radius 2 is 1.95 bits per heavy atom. The van der Waals surface area contributed by atoms with Gasteiger partial charge in [0.05, 0.1) is 26.4 Å². The van der Waals surface area contributed by atoms with Crippen LogP contribution >= 0.6 is 0 Å². The minimum absolute atomic E-state index is 0.00875. The van der Waals surface area contributed by atoms with E-state index < -0.39 is 0 Å². The summed E-state index contributed by atoms with van der Waals surface area (Å²) in [6.07, 6.45) is 0.830. The van der Waals surface area contributed by atoms with Gasteiger partial charge < -0.3 is 14.4 Å². The lowest BCUT2D eigenvalue weighted by molar-refractivity contribution is 0.0294. The minimum Gasteiger partial charge on any atom is -0.378 e. The van der Waals surface area contributed by atoms with Gasteiger partial charge in [0.1, 0.15) is 0 Å². The molecule has 0 aromatic carbocycles. The molecule has 6 heteroatoms. The number of hydrogen-bond donors (Lipinski definition) is 0. The Labute approximate surface area is 118 Å². The molecule has 0 radical (unpaired) electrons. The highest BCUT2D eigenvalue weighted by Crippen LogP contribution is 2.24. The first-order valence-electron chi connectivity index (χ1n) is 7.23. The van der Waals surface area contributed by atoms with Crippen molar-refractivity contribution in [3.63, 3.8) is 0 Å². The summed E-state index contributed by atoms with van der Waals surface area (Å²) in [6.45, 7) is 7.87. The summed E-state index contributed by atoms with van der Waals surface area (Å²) in [5, 5.41) is 4.57. The van der Waals surface area contributed by atoms with E-state index in [1.54, 1.807) is 0 Å². The second-order valence-corrected chi connectivity index (χ2v) is 5.52. The SMILES string of the molecule is CC(C)n1nc(C(=O)N2CCOCC2)c2c1CCOC2. The minimum atomic E-state index is 0.00875. The first-order valence-corrected chi connectivity index (χ1v) is 7.23. The highest BCUT2D eigenvalue weighted by atomic mass is 16.5. The molecule has 20 heavy (non-hydrogen) atoms. The third kappa shape index (κ3) is 2.33. The van der Waals surface area contributed by atoms with Crippen LogP contribution in [0.3, 0.4) is 0 Å². The Kier molecular flexibility index (Phi) is 3.76. The van der Waals surface area contributed by atoms with Crippen LogP contribution in [-0.2, 0) is 22.5 Å². The van der Waals surface area contributed by atoms with E-state index in [0.29, 0.717) is 45.2 Å². The summed E-state index contributed by atoms with van der Waals surface area (Å²) in [5.74, 6) is 0.00875. The van der Waals surface area contributed by atoms with Crippen LogP contribution in [0, 0.1) is 0 Å². The van der Waals surface area contributed by atoms with E-state index in [9.17, 15) is 4.79 Å². The van der Waals surface area contributed by atoms with Crippen LogP contribution in [0.1, 0.15) is 41.6 Å². The van der Waals surface area contributed by atoms with Crippen LogP contribution in [-0.4, -0.2) is 53.5 Å². The predicted octanol–water partition coefficient (Wildman–Crippen LogP) is 1.01. The third-order valence-electron chi connectivity index (χ3n) is 3.84. The number of amides is 1. The topological polar surface area (TPSA) is 56.6 Å². The van der Waals surface area contributed by atoms with Gasteiger partial charge in [-0.3, -0.25) is 9.48 Å². The van der Waals surface area contributed by atoms with Gasteiger partial charge in [0.25, 0.3) is 5.91 Å². The number of carbonyl (C=O) groups is 1. The largest absolute Gasteiger partial charge is 0.378 e. The molecule has 0 spiro atoms. The van der Waals surface area contributed by atoms with Crippen LogP contribution in [0.4, 0.5) is 0 Å². The van der Waals surface area contributed by atoms with Crippen molar-refractivity contribution in [3.8, 4) is 0 Å². The lowest BCUT2D eigenvalue weighted by Crippen LogP contribution is -2.41. The zero-order chi connectivity index (χ0) is 14.1. The highest BCUT2D eigenvalue weighted by molar-refractivity contribution is 5.94. The van der Waals surface area contributed by atoms with E-state index in [1.807, 2.05) is 9.58 Å². The standard InChI is InChI=1S/C14H21N3O3/c1-10(2)17-12-3-6-20-9-11(12)13(15-17)14(18)16-4-7-19-8-5-16/h10H,3-9H2,1-2H3. The predicted molar refractivity (Wildman–Crippen MR) is 72.7 cm³/mol. The lowest BCUT2D eigenvalue weighted by atomic mass is 10.1. The van der Waals surface area contributed by atoms with Crippen molar-refractivity contribution in [1.29, 1.82) is 0 Å². The molecule has 3 heterocycles. The normalized spacial score (nSPS) is 19.2. The van der Waals surface area contributed by atoms with Gasteiger partial charge in [-0.15, -0.1) is 0 Å². The van der Waals surface area contributed by atoms with Crippen LogP contribution in [0.2, 0.25) is 0 Å². The molecule has 2 aliphatic heterocycles. The highest BCUT2D eigenvalue weighted by Gasteiger charge is 2.29. The average Bonchev–Trinajstić information content (AvgIpc) is 2.87. The number of fused-ring (bicyclic) bond motifs is 1. The lowest BCUT2D eigenvalue weighted by Gasteiger charge is -2.26. The van der Waals surface area contributed by atoms with Gasteiger partial charge >= 0.3 is 0 Å². The molecule has 0 bridgehead atoms. The molecule has 1 aromatic rings. The Morgan fingerprint density at radius 1 is 1.20 bits per heavy atom. The molecule has 1 amide bonds. The third-order valence-corrected chi connectivity index (χ3v) is 3.84. The number of morpholine rings is 1. The molecule has 0 unspecified atom stereocenters. The molecule has 3 rings (SSSR count). The van der Waals surface area contributed by atoms with Crippen molar-refractivity contribution in [2.45, 2.75) is 32.9 Å². The number of aromatic nitrogens is 2. The van der Waals surface area contributed by atoms with Crippen molar-refractivity contribution in [3.05, 3.63) is 17.0 Å². The Balaban J connectivity index is 1.94. The maximum absolute atomic E-state index is 12.6. The van der Waals surface area contributed by atoms with Gasteiger partial charge in [-0.05, 0) is 13.8 Å². The van der Waals surface area contributed by atoms with E-state index in [4.69, 9.17) is 9.47 Å². The summed E-state index contributed by atoms with van der Waals surface area (Å²) in [7, 11) is 0. The van der Waals surface area contributed by atoms with Gasteiger partial charge in [0.2, 0.25) is 0 Å². The summed E-state index contributed by atoms with van der Waals surface area (Å²) >= 11 is 0. The van der Waals surface area contributed by atoms with Gasteiger partial charge in [-0.2, -0.15) is 5.10 Å². The van der Waals surface area contributed by atoms with Gasteiger partial charge in [0, 0.05) is 36.8 Å². The molecule has 2 aliphatic rings. The molecule has 0 N–H and O–H groups in total. The Morgan fingerprint density at radius 3 is 2.65 bits per heavy atom. The van der Waals surface area contributed by atoms with E-state index >= 15 is 0 Å². The van der Waals surface area contributed by atoms with Crippen LogP contribution < -0.4 is 0 Å². The number of hydrogen-bond acceptors (Lipinski definition) is 4. The van der Waals surface area contributed by atoms with Gasteiger partial charge in [0.15, 0.2) is 5.69 Å². The number of nitrogens with zero attached hydrogens (tertiary/aromatic N) is 3. The molecule has 0 atom stereocenters. The molecular weight excluding hydrogens is 258 g/mol. The number of rotatable bonds is 2. The molecule has 6 nitrogen and oxygen atoms in total. The fourth-order valence-corrected chi connectivity index (χ4v) is 2.78. The first-order chi connectivity index (χ1) is 9.68. The van der Waals surface area contributed by atoms with E-state index in [-0.39, 0.29) is 11.9 Å². The quantitative estimate of drug-likeness (QED) is 0.810. The molecule has 110 valence electrons. The molecular formula is C14H21N3O3. The smallest absolute Gasteiger partial charge is 0.274 e. The second-order valence-electron chi connectivity index (χ2n) is 5.52. The summed E-state index contributed by atoms with van der Waals surface area (Å²) in [6, 6.07) is 0.257. The number of carbonyl (C=O) groups excluding carboxylic acids is 1. The zero-order valence-corrected chi connectivity index (χ0v) is 12.1. The first kappa shape index (κ1) is 13.6. The van der Waals surface area contributed by atoms with Crippen molar-refractivity contribution in [1.82, 2.24) is 14.7 Å². The number of ether oxygens (including phenoxy) is 2. The monoisotopic (exact) mass is 279 g/mol. The van der Waals surface area contributed by atoms with Crippen molar-refractivity contribution >= 4 is 5.91 Å². The van der Waals surface area contributed by atoms with Crippen LogP contribution in [0.5, 0.6) is 0 Å². The van der Waals surface area contributed by atoms with Crippen LogP contribution in [0.15, 0.2) is 0 Å². The molecule has 0 saturated carbocycles. The van der Waals surface area contributed by atoms with Crippen LogP contribution in [0.25, 0.3) is 0 Å². The maximum Gasteiger partial charge on any atom is 0.274 e. The molecule has 1 saturated heterocycles. The molecule has 1 fully saturated rings. The summed E-state index contributed by atoms with van der Waals surface area (Å²) in [5.41, 5.74) is 2.69. The molecule has 1 aromatic heterocycles. The fourth-order valence-electron chi connectivity index (χ4n) is 2.78. The van der Waals surface area contributed by atoms with E-state index in [0.717, 1.165) is 17.7 Å². The second kappa shape index (κ2) is 5.54. The Bertz CT molecular complexity index is 504. The average molecular weight is 279 g/mol. The van der Waals surface area contributed by atoms with Crippen molar-refractivity contribution < 1.29 is 14.3 Å². The van der Waals surface area contributed by atoms with E-state index in [2.05, 4.69) is 18.9 Å². The zero-order valence-electron chi connectivity index (χ0n) is 12.1. The van der Waals surface area contributed by atoms with Gasteiger partial charge in [-0.25, -0.2) is 0 Å². The summed E-state index contributed by atoms with van der Waals surface area (Å²) in [4.78, 5) is 14.5. The maximum atomic E-state index is 12.6. The summed E-state index contributed by atoms with van der Waals surface area (Å²) < 4.78 is 12.8. The van der Waals surface area contributed by atoms with Crippen molar-refractivity contribution in [2.24, 2.45) is 0 Å².